The summed E-state index contributed by atoms with van der Waals surface area (Å²) in [5.41, 5.74) is 1.16. The molecule has 104 valence electrons. The Morgan fingerprint density at radius 3 is 2.60 bits per heavy atom. The lowest BCUT2D eigenvalue weighted by Gasteiger charge is -2.18. The number of aliphatic hydroxyl groups is 1. The van der Waals surface area contributed by atoms with Gasteiger partial charge in [0, 0.05) is 6.20 Å². The average molecular weight is 272 g/mol. The van der Waals surface area contributed by atoms with Crippen LogP contribution in [0.15, 0.2) is 48.7 Å². The molecule has 0 bridgehead atoms. The Morgan fingerprint density at radius 2 is 1.95 bits per heavy atom. The highest BCUT2D eigenvalue weighted by Crippen LogP contribution is 2.14. The molecular formula is C15H16N2O3. The molecule has 3 N–H and O–H groups in total. The summed E-state index contributed by atoms with van der Waals surface area (Å²) in [5, 5.41) is 21.5. The molecule has 0 aliphatic rings. The van der Waals surface area contributed by atoms with Crippen LogP contribution in [0.4, 0.5) is 5.82 Å². The first-order valence-corrected chi connectivity index (χ1v) is 6.30. The maximum absolute atomic E-state index is 11.1. The lowest BCUT2D eigenvalue weighted by Crippen LogP contribution is -2.28. The van der Waals surface area contributed by atoms with E-state index >= 15 is 0 Å². The van der Waals surface area contributed by atoms with Crippen molar-refractivity contribution in [2.24, 2.45) is 0 Å². The van der Waals surface area contributed by atoms with Gasteiger partial charge in [-0.1, -0.05) is 30.3 Å². The predicted octanol–water partition coefficient (Wildman–Crippen LogP) is 1.80. The van der Waals surface area contributed by atoms with Gasteiger partial charge in [-0.05, 0) is 24.1 Å². The van der Waals surface area contributed by atoms with Gasteiger partial charge in [-0.15, -0.1) is 0 Å². The molecule has 0 radical (unpaired) electrons. The number of benzene rings is 1. The Balaban J connectivity index is 2.13. The number of nitrogens with one attached hydrogen (secondary N) is 1. The van der Waals surface area contributed by atoms with Crippen LogP contribution in [0.25, 0.3) is 0 Å². The number of carboxylic acids is 1. The molecule has 0 saturated heterocycles. The Hall–Kier alpha value is -2.40. The van der Waals surface area contributed by atoms with Crippen LogP contribution in [0.2, 0.25) is 0 Å². The van der Waals surface area contributed by atoms with Gasteiger partial charge in [0.15, 0.2) is 0 Å². The van der Waals surface area contributed by atoms with Gasteiger partial charge >= 0.3 is 5.97 Å². The van der Waals surface area contributed by atoms with Crippen LogP contribution >= 0.6 is 0 Å². The van der Waals surface area contributed by atoms with Crippen molar-refractivity contribution in [3.8, 4) is 0 Å². The standard InChI is InChI=1S/C15H16N2O3/c18-10-12(9-11-5-2-1-3-6-11)17-14-13(15(19)20)7-4-8-16-14/h1-8,12,18H,9-10H2,(H,16,17)(H,19,20). The lowest BCUT2D eigenvalue weighted by atomic mass is 10.1. The molecule has 1 aromatic heterocycles. The zero-order valence-electron chi connectivity index (χ0n) is 10.9. The Kier molecular flexibility index (Phi) is 4.68. The molecule has 2 aromatic rings. The van der Waals surface area contributed by atoms with Gasteiger partial charge in [-0.25, -0.2) is 9.78 Å². The molecule has 2 rings (SSSR count). The fourth-order valence-corrected chi connectivity index (χ4v) is 1.95. The Morgan fingerprint density at radius 1 is 1.20 bits per heavy atom. The molecule has 20 heavy (non-hydrogen) atoms. The molecule has 1 aromatic carbocycles. The molecule has 0 spiro atoms. The second kappa shape index (κ2) is 6.68. The average Bonchev–Trinajstić information content (AvgIpc) is 2.48. The third-order valence-corrected chi connectivity index (χ3v) is 2.92. The van der Waals surface area contributed by atoms with Crippen molar-refractivity contribution in [3.05, 3.63) is 59.8 Å². The van der Waals surface area contributed by atoms with E-state index in [1.165, 1.54) is 12.3 Å². The highest BCUT2D eigenvalue weighted by Gasteiger charge is 2.15. The molecule has 0 aliphatic heterocycles. The van der Waals surface area contributed by atoms with E-state index in [1.807, 2.05) is 30.3 Å². The van der Waals surface area contributed by atoms with Crippen molar-refractivity contribution in [3.63, 3.8) is 0 Å². The lowest BCUT2D eigenvalue weighted by molar-refractivity contribution is 0.0697. The van der Waals surface area contributed by atoms with Gasteiger partial charge in [0.25, 0.3) is 0 Å². The summed E-state index contributed by atoms with van der Waals surface area (Å²) in [7, 11) is 0. The van der Waals surface area contributed by atoms with E-state index in [0.717, 1.165) is 5.56 Å². The number of anilines is 1. The summed E-state index contributed by atoms with van der Waals surface area (Å²) in [6.07, 6.45) is 2.11. The van der Waals surface area contributed by atoms with E-state index in [9.17, 15) is 9.90 Å². The number of carbonyl (C=O) groups is 1. The van der Waals surface area contributed by atoms with Gasteiger partial charge in [0.05, 0.1) is 12.6 Å². The summed E-state index contributed by atoms with van der Waals surface area (Å²) in [6.45, 7) is -0.107. The van der Waals surface area contributed by atoms with Crippen molar-refractivity contribution in [1.29, 1.82) is 0 Å². The predicted molar refractivity (Wildman–Crippen MR) is 75.8 cm³/mol. The number of pyridine rings is 1. The van der Waals surface area contributed by atoms with Crippen LogP contribution in [0.3, 0.4) is 0 Å². The summed E-state index contributed by atoms with van der Waals surface area (Å²) < 4.78 is 0. The number of hydrogen-bond donors (Lipinski definition) is 3. The number of aromatic carboxylic acids is 1. The summed E-state index contributed by atoms with van der Waals surface area (Å²) in [4.78, 5) is 15.1. The zero-order chi connectivity index (χ0) is 14.4. The summed E-state index contributed by atoms with van der Waals surface area (Å²) in [5.74, 6) is -0.771. The number of aromatic nitrogens is 1. The van der Waals surface area contributed by atoms with E-state index in [0.29, 0.717) is 6.42 Å². The quantitative estimate of drug-likeness (QED) is 0.747. The molecule has 0 aliphatic carbocycles. The first-order chi connectivity index (χ1) is 9.70. The fraction of sp³-hybridized carbons (Fsp3) is 0.200. The molecule has 5 nitrogen and oxygen atoms in total. The largest absolute Gasteiger partial charge is 0.478 e. The second-order valence-electron chi connectivity index (χ2n) is 4.42. The highest BCUT2D eigenvalue weighted by atomic mass is 16.4. The maximum atomic E-state index is 11.1. The number of hydrogen-bond acceptors (Lipinski definition) is 4. The summed E-state index contributed by atoms with van der Waals surface area (Å²) >= 11 is 0. The topological polar surface area (TPSA) is 82.5 Å². The molecule has 1 unspecified atom stereocenters. The SMILES string of the molecule is O=C(O)c1cccnc1NC(CO)Cc1ccccc1. The molecule has 0 amide bonds. The van der Waals surface area contributed by atoms with Gasteiger partial charge in [-0.3, -0.25) is 0 Å². The van der Waals surface area contributed by atoms with Crippen LogP contribution < -0.4 is 5.32 Å². The summed E-state index contributed by atoms with van der Waals surface area (Å²) in [6, 6.07) is 12.5. The number of aliphatic hydroxyl groups excluding tert-OH is 1. The molecule has 5 heteroatoms. The highest BCUT2D eigenvalue weighted by molar-refractivity contribution is 5.93. The molecule has 1 atom stereocenters. The van der Waals surface area contributed by atoms with Gasteiger partial charge in [-0.2, -0.15) is 0 Å². The fourth-order valence-electron chi connectivity index (χ4n) is 1.95. The molecule has 1 heterocycles. The van der Waals surface area contributed by atoms with E-state index < -0.39 is 5.97 Å². The first kappa shape index (κ1) is 14.0. The van der Waals surface area contributed by atoms with E-state index in [2.05, 4.69) is 10.3 Å². The van der Waals surface area contributed by atoms with E-state index in [1.54, 1.807) is 6.07 Å². The number of carboxylic acid groups (broad SMARTS) is 1. The Labute approximate surface area is 116 Å². The molecule has 0 saturated carbocycles. The van der Waals surface area contributed by atoms with Crippen LogP contribution in [0.1, 0.15) is 15.9 Å². The van der Waals surface area contributed by atoms with Crippen molar-refractivity contribution >= 4 is 11.8 Å². The third-order valence-electron chi connectivity index (χ3n) is 2.92. The van der Waals surface area contributed by atoms with Crippen molar-refractivity contribution < 1.29 is 15.0 Å². The monoisotopic (exact) mass is 272 g/mol. The van der Waals surface area contributed by atoms with Crippen LogP contribution in [0.5, 0.6) is 0 Å². The minimum absolute atomic E-state index is 0.0963. The van der Waals surface area contributed by atoms with Gasteiger partial charge in [0.1, 0.15) is 11.4 Å². The normalized spacial score (nSPS) is 11.8. The van der Waals surface area contributed by atoms with Crippen molar-refractivity contribution in [1.82, 2.24) is 4.98 Å². The van der Waals surface area contributed by atoms with Crippen molar-refractivity contribution in [2.45, 2.75) is 12.5 Å². The zero-order valence-corrected chi connectivity index (χ0v) is 10.9. The van der Waals surface area contributed by atoms with Gasteiger partial charge < -0.3 is 15.5 Å². The van der Waals surface area contributed by atoms with Crippen LogP contribution in [0, 0.1) is 0 Å². The maximum Gasteiger partial charge on any atom is 0.339 e. The molecular weight excluding hydrogens is 256 g/mol. The minimum Gasteiger partial charge on any atom is -0.478 e. The second-order valence-corrected chi connectivity index (χ2v) is 4.42. The van der Waals surface area contributed by atoms with E-state index in [-0.39, 0.29) is 24.0 Å². The first-order valence-electron chi connectivity index (χ1n) is 6.30. The number of rotatable bonds is 6. The Bertz CT molecular complexity index is 572. The van der Waals surface area contributed by atoms with Crippen LogP contribution in [-0.4, -0.2) is 33.8 Å². The minimum atomic E-state index is -1.04. The van der Waals surface area contributed by atoms with Crippen molar-refractivity contribution in [2.75, 3.05) is 11.9 Å². The van der Waals surface area contributed by atoms with Crippen LogP contribution in [-0.2, 0) is 6.42 Å². The third kappa shape index (κ3) is 3.55. The smallest absolute Gasteiger partial charge is 0.339 e. The van der Waals surface area contributed by atoms with E-state index in [4.69, 9.17) is 5.11 Å². The van der Waals surface area contributed by atoms with Gasteiger partial charge in [0.2, 0.25) is 0 Å². The number of nitrogens with zero attached hydrogens (tertiary/aromatic N) is 1. The molecule has 0 fully saturated rings.